The Bertz CT molecular complexity index is 951. The van der Waals surface area contributed by atoms with Gasteiger partial charge in [0, 0.05) is 11.9 Å². The maximum atomic E-state index is 6.00. The molecule has 1 aliphatic rings. The molecule has 0 amide bonds. The standard InChI is InChI=1S/C21H21N3OS/c1-13-7-9-16(12-14(13)2)24-20(18-10-8-15(3)25-18)19(23-21(24)26)17-6-4-5-11-22-17/h4-12,19-20H,1-3H3,(H,23,26)/t19-,20-/m0/s1. The average Bonchev–Trinajstić information content (AvgIpc) is 3.21. The molecule has 1 aliphatic heterocycles. The van der Waals surface area contributed by atoms with Crippen molar-refractivity contribution in [2.75, 3.05) is 4.90 Å². The molecule has 2 atom stereocenters. The van der Waals surface area contributed by atoms with E-state index in [9.17, 15) is 0 Å². The number of rotatable bonds is 3. The molecule has 1 fully saturated rings. The van der Waals surface area contributed by atoms with Gasteiger partial charge in [-0.25, -0.2) is 0 Å². The molecule has 26 heavy (non-hydrogen) atoms. The second-order valence-electron chi connectivity index (χ2n) is 6.71. The van der Waals surface area contributed by atoms with Crippen LogP contribution in [0.3, 0.4) is 0 Å². The van der Waals surface area contributed by atoms with Gasteiger partial charge in [0.05, 0.1) is 11.7 Å². The smallest absolute Gasteiger partial charge is 0.174 e. The third-order valence-electron chi connectivity index (χ3n) is 4.92. The molecule has 4 nitrogen and oxygen atoms in total. The molecule has 2 aromatic heterocycles. The van der Waals surface area contributed by atoms with E-state index in [1.165, 1.54) is 11.1 Å². The average molecular weight is 363 g/mol. The van der Waals surface area contributed by atoms with Crippen molar-refractivity contribution in [3.63, 3.8) is 0 Å². The molecular formula is C21H21N3OS. The summed E-state index contributed by atoms with van der Waals surface area (Å²) < 4.78 is 6.00. The van der Waals surface area contributed by atoms with Crippen molar-refractivity contribution in [3.8, 4) is 0 Å². The van der Waals surface area contributed by atoms with Gasteiger partial charge >= 0.3 is 0 Å². The van der Waals surface area contributed by atoms with Crippen LogP contribution in [0.4, 0.5) is 5.69 Å². The number of pyridine rings is 1. The van der Waals surface area contributed by atoms with Crippen LogP contribution < -0.4 is 10.2 Å². The first-order chi connectivity index (χ1) is 12.5. The zero-order chi connectivity index (χ0) is 18.3. The van der Waals surface area contributed by atoms with Crippen LogP contribution in [-0.4, -0.2) is 10.1 Å². The Labute approximate surface area is 158 Å². The van der Waals surface area contributed by atoms with E-state index in [1.54, 1.807) is 0 Å². The molecule has 0 unspecified atom stereocenters. The normalized spacial score (nSPS) is 19.7. The summed E-state index contributed by atoms with van der Waals surface area (Å²) in [6.07, 6.45) is 1.81. The molecule has 0 spiro atoms. The zero-order valence-electron chi connectivity index (χ0n) is 15.1. The van der Waals surface area contributed by atoms with Gasteiger partial charge in [-0.05, 0) is 80.5 Å². The van der Waals surface area contributed by atoms with E-state index in [0.717, 1.165) is 22.9 Å². The fraction of sp³-hybridized carbons (Fsp3) is 0.238. The molecule has 3 heterocycles. The number of benzene rings is 1. The summed E-state index contributed by atoms with van der Waals surface area (Å²) in [5, 5.41) is 4.13. The number of aromatic nitrogens is 1. The SMILES string of the molecule is Cc1ccc([C@H]2[C@H](c3ccccn3)NC(=S)N2c2ccc(C)c(C)c2)o1. The van der Waals surface area contributed by atoms with Crippen LogP contribution in [0.5, 0.6) is 0 Å². The van der Waals surface area contributed by atoms with Crippen LogP contribution in [0.2, 0.25) is 0 Å². The summed E-state index contributed by atoms with van der Waals surface area (Å²) in [6.45, 7) is 6.19. The number of nitrogens with zero attached hydrogens (tertiary/aromatic N) is 2. The van der Waals surface area contributed by atoms with Gasteiger partial charge in [0.2, 0.25) is 0 Å². The number of furan rings is 1. The molecule has 0 aliphatic carbocycles. The molecular weight excluding hydrogens is 342 g/mol. The van der Waals surface area contributed by atoms with Crippen LogP contribution in [0.15, 0.2) is 59.1 Å². The summed E-state index contributed by atoms with van der Waals surface area (Å²) in [7, 11) is 0. The molecule has 0 saturated carbocycles. The van der Waals surface area contributed by atoms with E-state index in [0.29, 0.717) is 5.11 Å². The van der Waals surface area contributed by atoms with Crippen molar-refractivity contribution in [3.05, 3.63) is 83.1 Å². The van der Waals surface area contributed by atoms with E-state index in [1.807, 2.05) is 43.5 Å². The first kappa shape index (κ1) is 16.8. The highest BCUT2D eigenvalue weighted by Crippen LogP contribution is 2.42. The van der Waals surface area contributed by atoms with E-state index in [-0.39, 0.29) is 12.1 Å². The summed E-state index contributed by atoms with van der Waals surface area (Å²) >= 11 is 5.70. The number of hydrogen-bond donors (Lipinski definition) is 1. The summed E-state index contributed by atoms with van der Waals surface area (Å²) in [5.41, 5.74) is 4.50. The first-order valence-electron chi connectivity index (χ1n) is 8.69. The Hall–Kier alpha value is -2.66. The van der Waals surface area contributed by atoms with Crippen molar-refractivity contribution < 1.29 is 4.42 Å². The highest BCUT2D eigenvalue weighted by atomic mass is 32.1. The molecule has 1 saturated heterocycles. The summed E-state index contributed by atoms with van der Waals surface area (Å²) in [5.74, 6) is 1.77. The molecule has 5 heteroatoms. The van der Waals surface area contributed by atoms with Crippen LogP contribution in [0.1, 0.15) is 40.4 Å². The van der Waals surface area contributed by atoms with Gasteiger partial charge in [0.15, 0.2) is 5.11 Å². The lowest BCUT2D eigenvalue weighted by molar-refractivity contribution is 0.418. The lowest BCUT2D eigenvalue weighted by atomic mass is 10.0. The molecule has 4 rings (SSSR count). The van der Waals surface area contributed by atoms with Crippen LogP contribution in [0.25, 0.3) is 0 Å². The Kier molecular flexibility index (Phi) is 4.24. The maximum Gasteiger partial charge on any atom is 0.174 e. The van der Waals surface area contributed by atoms with Crippen LogP contribution in [0, 0.1) is 20.8 Å². The fourth-order valence-electron chi connectivity index (χ4n) is 3.41. The van der Waals surface area contributed by atoms with Gasteiger partial charge in [-0.1, -0.05) is 12.1 Å². The molecule has 1 aromatic carbocycles. The van der Waals surface area contributed by atoms with Gasteiger partial charge in [0.25, 0.3) is 0 Å². The van der Waals surface area contributed by atoms with Gasteiger partial charge in [0.1, 0.15) is 17.6 Å². The van der Waals surface area contributed by atoms with E-state index in [2.05, 4.69) is 47.2 Å². The Morgan fingerprint density at radius 2 is 1.88 bits per heavy atom. The minimum Gasteiger partial charge on any atom is -0.464 e. The highest BCUT2D eigenvalue weighted by Gasteiger charge is 2.42. The Morgan fingerprint density at radius 3 is 2.54 bits per heavy atom. The monoisotopic (exact) mass is 363 g/mol. The molecule has 0 radical (unpaired) electrons. The van der Waals surface area contributed by atoms with Crippen LogP contribution >= 0.6 is 12.2 Å². The van der Waals surface area contributed by atoms with Crippen molar-refractivity contribution >= 4 is 23.0 Å². The summed E-state index contributed by atoms with van der Waals surface area (Å²) in [4.78, 5) is 6.69. The van der Waals surface area contributed by atoms with Gasteiger partial charge in [-0.3, -0.25) is 4.98 Å². The van der Waals surface area contributed by atoms with E-state index < -0.39 is 0 Å². The first-order valence-corrected chi connectivity index (χ1v) is 9.09. The second kappa shape index (κ2) is 6.57. The number of thiocarbonyl (C=S) groups is 1. The van der Waals surface area contributed by atoms with Gasteiger partial charge in [-0.2, -0.15) is 0 Å². The highest BCUT2D eigenvalue weighted by molar-refractivity contribution is 7.80. The minimum atomic E-state index is -0.0896. The molecule has 132 valence electrons. The second-order valence-corrected chi connectivity index (χ2v) is 7.10. The molecule has 3 aromatic rings. The lowest BCUT2D eigenvalue weighted by Gasteiger charge is -2.26. The number of hydrogen-bond acceptors (Lipinski definition) is 3. The van der Waals surface area contributed by atoms with Crippen LogP contribution in [-0.2, 0) is 0 Å². The number of aryl methyl sites for hydroxylation is 3. The predicted molar refractivity (Wildman–Crippen MR) is 107 cm³/mol. The number of nitrogens with one attached hydrogen (secondary N) is 1. The fourth-order valence-corrected chi connectivity index (χ4v) is 3.76. The van der Waals surface area contributed by atoms with E-state index >= 15 is 0 Å². The lowest BCUT2D eigenvalue weighted by Crippen LogP contribution is -2.29. The van der Waals surface area contributed by atoms with E-state index in [4.69, 9.17) is 16.6 Å². The van der Waals surface area contributed by atoms with Crippen molar-refractivity contribution in [1.29, 1.82) is 0 Å². The maximum absolute atomic E-state index is 6.00. The quantitative estimate of drug-likeness (QED) is 0.679. The molecule has 0 bridgehead atoms. The Morgan fingerprint density at radius 1 is 1.04 bits per heavy atom. The summed E-state index contributed by atoms with van der Waals surface area (Å²) in [6, 6.07) is 16.2. The number of anilines is 1. The topological polar surface area (TPSA) is 41.3 Å². The zero-order valence-corrected chi connectivity index (χ0v) is 15.9. The Balaban J connectivity index is 1.83. The predicted octanol–water partition coefficient (Wildman–Crippen LogP) is 4.78. The third kappa shape index (κ3) is 2.88. The van der Waals surface area contributed by atoms with Crippen molar-refractivity contribution in [2.45, 2.75) is 32.9 Å². The largest absolute Gasteiger partial charge is 0.464 e. The van der Waals surface area contributed by atoms with Gasteiger partial charge in [-0.15, -0.1) is 0 Å². The molecule has 1 N–H and O–H groups in total. The minimum absolute atomic E-state index is 0.0733. The van der Waals surface area contributed by atoms with Crippen molar-refractivity contribution in [2.24, 2.45) is 0 Å². The van der Waals surface area contributed by atoms with Gasteiger partial charge < -0.3 is 14.6 Å². The van der Waals surface area contributed by atoms with Crippen molar-refractivity contribution in [1.82, 2.24) is 10.3 Å². The third-order valence-corrected chi connectivity index (χ3v) is 5.23.